The summed E-state index contributed by atoms with van der Waals surface area (Å²) in [7, 11) is 0. The van der Waals surface area contributed by atoms with Gasteiger partial charge in [0.05, 0.1) is 11.2 Å². The number of rotatable bonds is 5. The van der Waals surface area contributed by atoms with E-state index in [0.29, 0.717) is 21.4 Å². The largest absolute Gasteiger partial charge is 0.507 e. The molecule has 1 amide bonds. The molecule has 0 aliphatic rings. The third kappa shape index (κ3) is 5.16. The van der Waals surface area contributed by atoms with E-state index < -0.39 is 5.91 Å². The molecule has 0 aliphatic heterocycles. The van der Waals surface area contributed by atoms with E-state index in [1.54, 1.807) is 24.3 Å². The average Bonchev–Trinajstić information content (AvgIpc) is 2.48. The summed E-state index contributed by atoms with van der Waals surface area (Å²) >= 11 is 11.7. The molecule has 0 fully saturated rings. The Labute approximate surface area is 143 Å². The van der Waals surface area contributed by atoms with Crippen LogP contribution in [0.1, 0.15) is 11.1 Å². The third-order valence-corrected chi connectivity index (χ3v) is 3.36. The number of benzene rings is 2. The van der Waals surface area contributed by atoms with Crippen molar-refractivity contribution in [2.75, 3.05) is 6.61 Å². The summed E-state index contributed by atoms with van der Waals surface area (Å²) in [5.41, 5.74) is 3.72. The lowest BCUT2D eigenvalue weighted by molar-refractivity contribution is -0.123. The second-order valence-electron chi connectivity index (χ2n) is 4.72. The molecule has 0 saturated carbocycles. The number of hydrogen-bond donors (Lipinski definition) is 2. The summed E-state index contributed by atoms with van der Waals surface area (Å²) in [6.07, 6.45) is 1.35. The number of aromatic hydroxyl groups is 1. The lowest BCUT2D eigenvalue weighted by atomic mass is 10.1. The van der Waals surface area contributed by atoms with Gasteiger partial charge in [0.25, 0.3) is 5.91 Å². The molecule has 7 heteroatoms. The normalized spacial score (nSPS) is 10.7. The van der Waals surface area contributed by atoms with Crippen LogP contribution in [0.15, 0.2) is 41.5 Å². The van der Waals surface area contributed by atoms with Crippen LogP contribution in [0, 0.1) is 6.92 Å². The molecule has 0 heterocycles. The smallest absolute Gasteiger partial charge is 0.277 e. The number of aryl methyl sites for hydroxylation is 1. The Bertz CT molecular complexity index is 748. The van der Waals surface area contributed by atoms with E-state index in [9.17, 15) is 9.90 Å². The second-order valence-corrected chi connectivity index (χ2v) is 5.56. The minimum atomic E-state index is -0.459. The monoisotopic (exact) mass is 352 g/mol. The van der Waals surface area contributed by atoms with Gasteiger partial charge in [-0.3, -0.25) is 4.79 Å². The van der Waals surface area contributed by atoms with E-state index in [-0.39, 0.29) is 12.4 Å². The predicted octanol–water partition coefficient (Wildman–Crippen LogP) is 3.54. The molecular formula is C16H14Cl2N2O3. The minimum absolute atomic E-state index is 0.0900. The van der Waals surface area contributed by atoms with Crippen LogP contribution in [0.25, 0.3) is 0 Å². The molecule has 2 aromatic rings. The van der Waals surface area contributed by atoms with Gasteiger partial charge in [-0.2, -0.15) is 5.10 Å². The third-order valence-electron chi connectivity index (χ3n) is 2.83. The molecule has 0 radical (unpaired) electrons. The predicted molar refractivity (Wildman–Crippen MR) is 90.5 cm³/mol. The number of nitrogens with one attached hydrogen (secondary N) is 1. The van der Waals surface area contributed by atoms with Gasteiger partial charge in [-0.25, -0.2) is 5.43 Å². The van der Waals surface area contributed by atoms with Crippen LogP contribution >= 0.6 is 23.2 Å². The lowest BCUT2D eigenvalue weighted by Gasteiger charge is -2.07. The van der Waals surface area contributed by atoms with Gasteiger partial charge in [0.2, 0.25) is 0 Å². The molecule has 5 nitrogen and oxygen atoms in total. The molecule has 0 unspecified atom stereocenters. The van der Waals surface area contributed by atoms with Gasteiger partial charge in [-0.05, 0) is 42.8 Å². The van der Waals surface area contributed by atoms with Crippen molar-refractivity contribution in [3.05, 3.63) is 57.6 Å². The Hall–Kier alpha value is -2.24. The standard InChI is InChI=1S/C16H14Cl2N2O3/c1-10-2-3-11(14(21)6-10)8-19-20-16(22)9-23-15-5-4-12(17)7-13(15)18/h2-8,21H,9H2,1H3,(H,20,22)/b19-8-. The van der Waals surface area contributed by atoms with Crippen molar-refractivity contribution < 1.29 is 14.6 Å². The maximum Gasteiger partial charge on any atom is 0.277 e. The van der Waals surface area contributed by atoms with Crippen LogP contribution < -0.4 is 10.2 Å². The first kappa shape index (κ1) is 17.1. The number of halogens is 2. The zero-order chi connectivity index (χ0) is 16.8. The maximum absolute atomic E-state index is 11.6. The van der Waals surface area contributed by atoms with E-state index in [1.165, 1.54) is 12.3 Å². The van der Waals surface area contributed by atoms with Gasteiger partial charge in [-0.1, -0.05) is 29.3 Å². The summed E-state index contributed by atoms with van der Waals surface area (Å²) < 4.78 is 5.27. The van der Waals surface area contributed by atoms with Crippen molar-refractivity contribution in [3.63, 3.8) is 0 Å². The highest BCUT2D eigenvalue weighted by molar-refractivity contribution is 6.35. The number of phenols is 1. The summed E-state index contributed by atoms with van der Waals surface area (Å²) in [4.78, 5) is 11.6. The van der Waals surface area contributed by atoms with Crippen LogP contribution in [0.3, 0.4) is 0 Å². The molecule has 0 aromatic heterocycles. The van der Waals surface area contributed by atoms with Gasteiger partial charge >= 0.3 is 0 Å². The van der Waals surface area contributed by atoms with Gasteiger partial charge in [0, 0.05) is 10.6 Å². The molecular weight excluding hydrogens is 339 g/mol. The Morgan fingerprint density at radius 1 is 1.30 bits per heavy atom. The van der Waals surface area contributed by atoms with Crippen molar-refractivity contribution in [1.29, 1.82) is 0 Å². The first-order valence-electron chi connectivity index (χ1n) is 6.65. The van der Waals surface area contributed by atoms with E-state index >= 15 is 0 Å². The Kier molecular flexibility index (Phi) is 5.84. The van der Waals surface area contributed by atoms with Gasteiger partial charge < -0.3 is 9.84 Å². The van der Waals surface area contributed by atoms with Crippen LogP contribution in [0.2, 0.25) is 10.0 Å². The number of amides is 1. The van der Waals surface area contributed by atoms with Gasteiger partial charge in [-0.15, -0.1) is 0 Å². The summed E-state index contributed by atoms with van der Waals surface area (Å²) in [5.74, 6) is -0.0163. The van der Waals surface area contributed by atoms with E-state index in [4.69, 9.17) is 27.9 Å². The first-order chi connectivity index (χ1) is 11.0. The lowest BCUT2D eigenvalue weighted by Crippen LogP contribution is -2.24. The van der Waals surface area contributed by atoms with E-state index in [0.717, 1.165) is 5.56 Å². The van der Waals surface area contributed by atoms with Crippen molar-refractivity contribution in [2.24, 2.45) is 5.10 Å². The quantitative estimate of drug-likeness (QED) is 0.638. The number of ether oxygens (including phenoxy) is 1. The highest BCUT2D eigenvalue weighted by atomic mass is 35.5. The maximum atomic E-state index is 11.6. The van der Waals surface area contributed by atoms with Gasteiger partial charge in [0.15, 0.2) is 6.61 Å². The van der Waals surface area contributed by atoms with E-state index in [2.05, 4.69) is 10.5 Å². The molecule has 0 aliphatic carbocycles. The van der Waals surface area contributed by atoms with Crippen molar-refractivity contribution in [1.82, 2.24) is 5.43 Å². The SMILES string of the molecule is Cc1ccc(/C=N\NC(=O)COc2ccc(Cl)cc2Cl)c(O)c1. The molecule has 2 aromatic carbocycles. The minimum Gasteiger partial charge on any atom is -0.507 e. The highest BCUT2D eigenvalue weighted by Gasteiger charge is 2.06. The molecule has 0 bridgehead atoms. The molecule has 0 atom stereocenters. The molecule has 0 spiro atoms. The fraction of sp³-hybridized carbons (Fsp3) is 0.125. The first-order valence-corrected chi connectivity index (χ1v) is 7.40. The van der Waals surface area contributed by atoms with Crippen molar-refractivity contribution in [3.8, 4) is 11.5 Å². The number of carbonyl (C=O) groups is 1. The molecule has 23 heavy (non-hydrogen) atoms. The average molecular weight is 353 g/mol. The number of carbonyl (C=O) groups excluding carboxylic acids is 1. The van der Waals surface area contributed by atoms with Crippen LogP contribution in [-0.4, -0.2) is 23.8 Å². The zero-order valence-corrected chi connectivity index (χ0v) is 13.7. The summed E-state index contributed by atoms with van der Waals surface area (Å²) in [6, 6.07) is 9.84. The van der Waals surface area contributed by atoms with E-state index in [1.807, 2.05) is 13.0 Å². The van der Waals surface area contributed by atoms with Crippen molar-refractivity contribution >= 4 is 35.3 Å². The highest BCUT2D eigenvalue weighted by Crippen LogP contribution is 2.27. The molecule has 0 saturated heterocycles. The Balaban J connectivity index is 1.86. The fourth-order valence-corrected chi connectivity index (χ4v) is 2.17. The summed E-state index contributed by atoms with van der Waals surface area (Å²) in [6.45, 7) is 1.61. The molecule has 2 rings (SSSR count). The van der Waals surface area contributed by atoms with Crippen LogP contribution in [0.5, 0.6) is 11.5 Å². The number of hydrazone groups is 1. The summed E-state index contributed by atoms with van der Waals surface area (Å²) in [5, 5.41) is 14.3. The Morgan fingerprint density at radius 3 is 2.78 bits per heavy atom. The Morgan fingerprint density at radius 2 is 2.09 bits per heavy atom. The fourth-order valence-electron chi connectivity index (χ4n) is 1.70. The molecule has 120 valence electrons. The van der Waals surface area contributed by atoms with Crippen LogP contribution in [0.4, 0.5) is 0 Å². The number of hydrogen-bond acceptors (Lipinski definition) is 4. The number of phenolic OH excluding ortho intramolecular Hbond substituents is 1. The van der Waals surface area contributed by atoms with Crippen molar-refractivity contribution in [2.45, 2.75) is 6.92 Å². The number of nitrogens with zero attached hydrogens (tertiary/aromatic N) is 1. The van der Waals surface area contributed by atoms with Gasteiger partial charge in [0.1, 0.15) is 11.5 Å². The van der Waals surface area contributed by atoms with Crippen LogP contribution in [-0.2, 0) is 4.79 Å². The molecule has 2 N–H and O–H groups in total. The topological polar surface area (TPSA) is 70.9 Å². The zero-order valence-electron chi connectivity index (χ0n) is 12.2. The second kappa shape index (κ2) is 7.85.